The highest BCUT2D eigenvalue weighted by atomic mass is 16.5. The Morgan fingerprint density at radius 2 is 1.45 bits per heavy atom. The lowest BCUT2D eigenvalue weighted by atomic mass is 9.69. The maximum absolute atomic E-state index is 6.54. The third-order valence-electron chi connectivity index (χ3n) is 8.29. The Morgan fingerprint density at radius 3 is 2.02 bits per heavy atom. The molecule has 0 amide bonds. The van der Waals surface area contributed by atoms with Crippen molar-refractivity contribution in [3.63, 3.8) is 0 Å². The maximum Gasteiger partial charge on any atom is 0.135 e. The topological polar surface area (TPSA) is 46.2 Å². The molecule has 2 aliphatic rings. The van der Waals surface area contributed by atoms with Gasteiger partial charge in [0, 0.05) is 28.7 Å². The van der Waals surface area contributed by atoms with Crippen LogP contribution in [-0.4, -0.2) is 39.6 Å². The van der Waals surface area contributed by atoms with Gasteiger partial charge < -0.3 is 23.7 Å². The van der Waals surface area contributed by atoms with Gasteiger partial charge in [0.25, 0.3) is 0 Å². The van der Waals surface area contributed by atoms with E-state index in [4.69, 9.17) is 30.1 Å². The molecule has 1 aliphatic heterocycles. The lowest BCUT2D eigenvalue weighted by Crippen LogP contribution is -2.29. The van der Waals surface area contributed by atoms with Crippen molar-refractivity contribution < 1.29 is 23.7 Å². The molecule has 0 spiro atoms. The van der Waals surface area contributed by atoms with Crippen LogP contribution in [0.1, 0.15) is 74.1 Å². The highest BCUT2D eigenvalue weighted by Crippen LogP contribution is 2.53. The summed E-state index contributed by atoms with van der Waals surface area (Å²) >= 11 is 0. The van der Waals surface area contributed by atoms with Crippen LogP contribution in [0.15, 0.2) is 72.8 Å². The van der Waals surface area contributed by atoms with Crippen LogP contribution in [0, 0.1) is 12.3 Å². The normalized spacial score (nSPS) is 17.8. The summed E-state index contributed by atoms with van der Waals surface area (Å²) in [5.41, 5.74) is 5.44. The quantitative estimate of drug-likeness (QED) is 0.119. The Balaban J connectivity index is 1.43. The Kier molecular flexibility index (Phi) is 9.89. The molecule has 1 unspecified atom stereocenters. The summed E-state index contributed by atoms with van der Waals surface area (Å²) in [4.78, 5) is 0. The molecule has 1 heterocycles. The second-order valence-electron chi connectivity index (χ2n) is 11.5. The molecule has 5 nitrogen and oxygen atoms in total. The molecule has 42 heavy (non-hydrogen) atoms. The lowest BCUT2D eigenvalue weighted by Gasteiger charge is -2.38. The van der Waals surface area contributed by atoms with E-state index in [-0.39, 0.29) is 6.61 Å². The molecule has 0 aromatic heterocycles. The van der Waals surface area contributed by atoms with Crippen LogP contribution in [0.4, 0.5) is 0 Å². The fourth-order valence-corrected chi connectivity index (χ4v) is 6.09. The van der Waals surface area contributed by atoms with E-state index < -0.39 is 5.41 Å². The zero-order valence-electron chi connectivity index (χ0n) is 25.0. The van der Waals surface area contributed by atoms with E-state index in [0.29, 0.717) is 39.0 Å². The van der Waals surface area contributed by atoms with Gasteiger partial charge in [-0.25, -0.2) is 0 Å². The van der Waals surface area contributed by atoms with Gasteiger partial charge in [-0.3, -0.25) is 0 Å². The predicted molar refractivity (Wildman–Crippen MR) is 167 cm³/mol. The fourth-order valence-electron chi connectivity index (χ4n) is 6.09. The van der Waals surface area contributed by atoms with E-state index in [9.17, 15) is 0 Å². The zero-order valence-corrected chi connectivity index (χ0v) is 25.0. The molecule has 0 bridgehead atoms. The number of fused-ring (bicyclic) bond motifs is 2. The first-order valence-corrected chi connectivity index (χ1v) is 15.1. The van der Waals surface area contributed by atoms with Gasteiger partial charge in [-0.2, -0.15) is 0 Å². The van der Waals surface area contributed by atoms with Crippen LogP contribution in [0.3, 0.4) is 0 Å². The first-order chi connectivity index (χ1) is 20.5. The number of hydrogen-bond acceptors (Lipinski definition) is 5. The monoisotopic (exact) mass is 566 g/mol. The van der Waals surface area contributed by atoms with Crippen molar-refractivity contribution >= 4 is 0 Å². The summed E-state index contributed by atoms with van der Waals surface area (Å²) in [5.74, 6) is 6.14. The highest BCUT2D eigenvalue weighted by molar-refractivity contribution is 5.64. The van der Waals surface area contributed by atoms with Crippen molar-refractivity contribution in [2.24, 2.45) is 0 Å². The van der Waals surface area contributed by atoms with Gasteiger partial charge in [0.05, 0.1) is 19.8 Å². The SMILES string of the molecule is C#CCOCCOc1ccc2c(c1)Oc1cc(OCCOCC(=C)C)ccc1C2(C)c1ccc(C2CCCCC2)cc1. The molecule has 1 saturated carbocycles. The van der Waals surface area contributed by atoms with Gasteiger partial charge in [-0.15, -0.1) is 6.42 Å². The molecule has 0 N–H and O–H groups in total. The molecule has 1 fully saturated rings. The van der Waals surface area contributed by atoms with Crippen molar-refractivity contribution in [3.8, 4) is 35.3 Å². The van der Waals surface area contributed by atoms with E-state index in [0.717, 1.165) is 39.7 Å². The van der Waals surface area contributed by atoms with Gasteiger partial charge in [-0.1, -0.05) is 73.7 Å². The average Bonchev–Trinajstić information content (AvgIpc) is 3.01. The molecule has 1 aliphatic carbocycles. The third-order valence-corrected chi connectivity index (χ3v) is 8.29. The largest absolute Gasteiger partial charge is 0.491 e. The van der Waals surface area contributed by atoms with Crippen molar-refractivity contribution in [1.29, 1.82) is 0 Å². The van der Waals surface area contributed by atoms with E-state index in [1.807, 2.05) is 31.2 Å². The fraction of sp³-hybridized carbons (Fsp3) is 0.405. The molecule has 3 aromatic carbocycles. The average molecular weight is 567 g/mol. The van der Waals surface area contributed by atoms with Gasteiger partial charge in [-0.05, 0) is 55.9 Å². The van der Waals surface area contributed by atoms with Crippen LogP contribution in [0.5, 0.6) is 23.0 Å². The third kappa shape index (κ3) is 6.84. The summed E-state index contributed by atoms with van der Waals surface area (Å²) in [6.45, 7) is 10.7. The predicted octanol–water partition coefficient (Wildman–Crippen LogP) is 8.19. The van der Waals surface area contributed by atoms with E-state index in [1.54, 1.807) is 0 Å². The van der Waals surface area contributed by atoms with E-state index in [1.165, 1.54) is 43.2 Å². The van der Waals surface area contributed by atoms with Gasteiger partial charge in [0.1, 0.15) is 42.8 Å². The van der Waals surface area contributed by atoms with Crippen molar-refractivity contribution in [2.75, 3.05) is 39.6 Å². The number of terminal acetylenes is 1. The van der Waals surface area contributed by atoms with E-state index in [2.05, 4.69) is 55.8 Å². The molecule has 3 aromatic rings. The molecule has 1 atom stereocenters. The van der Waals surface area contributed by atoms with Gasteiger partial charge in [0.2, 0.25) is 0 Å². The molecule has 5 rings (SSSR count). The summed E-state index contributed by atoms with van der Waals surface area (Å²) in [7, 11) is 0. The molecule has 220 valence electrons. The molecule has 0 saturated heterocycles. The standard InChI is InChI=1S/C37H42O5/c1-5-19-38-20-22-40-31-15-17-33-35(24-31)42-36-25-32(41-23-21-39-26-27(2)3)16-18-34(36)37(33,4)30-13-11-29(12-14-30)28-9-7-6-8-10-28/h1,11-18,24-25,28H,2,6-10,19-23,26H2,3-4H3. The first kappa shape index (κ1) is 29.8. The molecule has 0 radical (unpaired) electrons. The minimum Gasteiger partial charge on any atom is -0.491 e. The zero-order chi connectivity index (χ0) is 29.4. The Morgan fingerprint density at radius 1 is 0.857 bits per heavy atom. The number of ether oxygens (including phenoxy) is 5. The maximum atomic E-state index is 6.54. The van der Waals surface area contributed by atoms with E-state index >= 15 is 0 Å². The van der Waals surface area contributed by atoms with Gasteiger partial charge in [0.15, 0.2) is 0 Å². The molecular formula is C37H42O5. The first-order valence-electron chi connectivity index (χ1n) is 15.1. The number of hydrogen-bond donors (Lipinski definition) is 0. The van der Waals surface area contributed by atoms with Crippen LogP contribution >= 0.6 is 0 Å². The lowest BCUT2D eigenvalue weighted by molar-refractivity contribution is 0.116. The Bertz CT molecular complexity index is 1400. The second-order valence-corrected chi connectivity index (χ2v) is 11.5. The van der Waals surface area contributed by atoms with Crippen LogP contribution in [0.25, 0.3) is 0 Å². The smallest absolute Gasteiger partial charge is 0.135 e. The van der Waals surface area contributed by atoms with Crippen LogP contribution < -0.4 is 14.2 Å². The summed E-state index contributed by atoms with van der Waals surface area (Å²) in [6.07, 6.45) is 11.8. The van der Waals surface area contributed by atoms with Gasteiger partial charge >= 0.3 is 0 Å². The van der Waals surface area contributed by atoms with Crippen molar-refractivity contribution in [2.45, 2.75) is 57.3 Å². The minimum absolute atomic E-state index is 0.274. The summed E-state index contributed by atoms with van der Waals surface area (Å²) in [5, 5.41) is 0. The Labute approximate surface area is 250 Å². The second kappa shape index (κ2) is 14.0. The summed E-state index contributed by atoms with van der Waals surface area (Å²) < 4.78 is 29.5. The molecular weight excluding hydrogens is 524 g/mol. The van der Waals surface area contributed by atoms with Crippen molar-refractivity contribution in [3.05, 3.63) is 95.1 Å². The Hall–Kier alpha value is -3.72. The highest BCUT2D eigenvalue weighted by Gasteiger charge is 2.40. The van der Waals surface area contributed by atoms with Crippen LogP contribution in [-0.2, 0) is 14.9 Å². The van der Waals surface area contributed by atoms with Crippen molar-refractivity contribution in [1.82, 2.24) is 0 Å². The number of rotatable bonds is 13. The minimum atomic E-state index is -0.425. The summed E-state index contributed by atoms with van der Waals surface area (Å²) in [6, 6.07) is 21.5. The number of benzene rings is 3. The van der Waals surface area contributed by atoms with Crippen LogP contribution in [0.2, 0.25) is 0 Å². The molecule has 5 heteroatoms.